The highest BCUT2D eigenvalue weighted by Gasteiger charge is 2.28. The maximum absolute atomic E-state index is 11.6. The fraction of sp³-hybridized carbons (Fsp3) is 0.357. The summed E-state index contributed by atoms with van der Waals surface area (Å²) in [5, 5.41) is 14.7. The maximum Gasteiger partial charge on any atom is 0.353 e. The number of aromatic nitrogens is 3. The molecule has 0 aromatic carbocycles. The van der Waals surface area contributed by atoms with Crippen LogP contribution in [0.5, 0.6) is 0 Å². The first-order chi connectivity index (χ1) is 11.2. The molecule has 0 spiro atoms. The largest absolute Gasteiger partial charge is 0.353 e. The predicted molar refractivity (Wildman–Crippen MR) is 87.3 cm³/mol. The highest BCUT2D eigenvalue weighted by atomic mass is 35.5. The van der Waals surface area contributed by atoms with Gasteiger partial charge in [0.25, 0.3) is 0 Å². The van der Waals surface area contributed by atoms with Crippen LogP contribution in [0.25, 0.3) is 0 Å². The van der Waals surface area contributed by atoms with E-state index in [0.717, 1.165) is 32.4 Å². The Morgan fingerprint density at radius 1 is 1.22 bits per heavy atom. The van der Waals surface area contributed by atoms with E-state index in [1.54, 1.807) is 18.3 Å². The highest BCUT2D eigenvalue weighted by molar-refractivity contribution is 6.32. The minimum Gasteiger partial charge on any atom is -0.351 e. The van der Waals surface area contributed by atoms with E-state index in [1.807, 2.05) is 4.90 Å². The Morgan fingerprint density at radius 2 is 2.00 bits per heavy atom. The topological polar surface area (TPSA) is 97.1 Å². The zero-order valence-corrected chi connectivity index (χ0v) is 13.0. The second-order valence-corrected chi connectivity index (χ2v) is 5.52. The van der Waals surface area contributed by atoms with Gasteiger partial charge in [0.05, 0.1) is 10.6 Å². The van der Waals surface area contributed by atoms with Gasteiger partial charge in [0, 0.05) is 19.3 Å². The minimum atomic E-state index is -0.462. The van der Waals surface area contributed by atoms with Crippen molar-refractivity contribution in [3.63, 3.8) is 0 Å². The second-order valence-electron chi connectivity index (χ2n) is 5.17. The summed E-state index contributed by atoms with van der Waals surface area (Å²) in [6.07, 6.45) is 5.99. The van der Waals surface area contributed by atoms with Gasteiger partial charge in [-0.25, -0.2) is 15.0 Å². The van der Waals surface area contributed by atoms with Crippen LogP contribution in [0.3, 0.4) is 0 Å². The number of nitrogens with one attached hydrogen (secondary N) is 1. The smallest absolute Gasteiger partial charge is 0.351 e. The molecule has 2 aromatic rings. The first-order valence-electron chi connectivity index (χ1n) is 7.28. The van der Waals surface area contributed by atoms with E-state index in [-0.39, 0.29) is 16.7 Å². The summed E-state index contributed by atoms with van der Waals surface area (Å²) in [4.78, 5) is 25.1. The lowest BCUT2D eigenvalue weighted by Gasteiger charge is -2.27. The Bertz CT molecular complexity index is 720. The molecule has 1 aliphatic heterocycles. The molecule has 0 aliphatic carbocycles. The van der Waals surface area contributed by atoms with E-state index in [9.17, 15) is 10.1 Å². The Hall–Kier alpha value is -2.48. The van der Waals surface area contributed by atoms with Crippen molar-refractivity contribution in [1.29, 1.82) is 0 Å². The van der Waals surface area contributed by atoms with Crippen molar-refractivity contribution >= 4 is 34.6 Å². The number of nitrogens with zero attached hydrogens (tertiary/aromatic N) is 5. The molecule has 1 N–H and O–H groups in total. The third-order valence-corrected chi connectivity index (χ3v) is 3.95. The van der Waals surface area contributed by atoms with Gasteiger partial charge in [-0.05, 0) is 31.4 Å². The molecule has 9 heteroatoms. The molecule has 1 aliphatic rings. The molecular weight excluding hydrogens is 320 g/mol. The number of piperidine rings is 1. The van der Waals surface area contributed by atoms with Gasteiger partial charge in [-0.2, -0.15) is 0 Å². The van der Waals surface area contributed by atoms with Gasteiger partial charge in [-0.15, -0.1) is 0 Å². The molecule has 0 bridgehead atoms. The molecule has 0 saturated carbocycles. The SMILES string of the molecule is O=[N+]([O-])c1c(Nc2cccnc2Cl)ncnc1N1CCCCC1. The third kappa shape index (κ3) is 3.31. The molecule has 2 aromatic heterocycles. The number of hydrogen-bond donors (Lipinski definition) is 1. The summed E-state index contributed by atoms with van der Waals surface area (Å²) in [6.45, 7) is 1.51. The average molecular weight is 335 g/mol. The summed E-state index contributed by atoms with van der Waals surface area (Å²) >= 11 is 6.00. The van der Waals surface area contributed by atoms with Crippen molar-refractivity contribution in [2.45, 2.75) is 19.3 Å². The normalized spacial score (nSPS) is 14.6. The molecule has 120 valence electrons. The zero-order valence-electron chi connectivity index (χ0n) is 12.3. The molecular formula is C14H15ClN6O2. The molecule has 8 nitrogen and oxygen atoms in total. The number of anilines is 3. The van der Waals surface area contributed by atoms with Crippen LogP contribution in [-0.4, -0.2) is 33.0 Å². The first-order valence-corrected chi connectivity index (χ1v) is 7.66. The van der Waals surface area contributed by atoms with Gasteiger partial charge in [0.15, 0.2) is 5.15 Å². The number of nitro groups is 1. The van der Waals surface area contributed by atoms with Crippen molar-refractivity contribution < 1.29 is 4.92 Å². The van der Waals surface area contributed by atoms with Gasteiger partial charge in [-0.1, -0.05) is 11.6 Å². The summed E-state index contributed by atoms with van der Waals surface area (Å²) in [5.41, 5.74) is 0.315. The lowest BCUT2D eigenvalue weighted by atomic mass is 10.1. The molecule has 0 amide bonds. The van der Waals surface area contributed by atoms with E-state index < -0.39 is 4.92 Å². The fourth-order valence-electron chi connectivity index (χ4n) is 2.57. The van der Waals surface area contributed by atoms with E-state index in [4.69, 9.17) is 11.6 Å². The molecule has 3 rings (SSSR count). The van der Waals surface area contributed by atoms with Crippen LogP contribution in [0, 0.1) is 10.1 Å². The van der Waals surface area contributed by atoms with E-state index >= 15 is 0 Å². The number of pyridine rings is 1. The quantitative estimate of drug-likeness (QED) is 0.521. The van der Waals surface area contributed by atoms with Crippen molar-refractivity contribution in [1.82, 2.24) is 15.0 Å². The van der Waals surface area contributed by atoms with Crippen LogP contribution in [0.2, 0.25) is 5.15 Å². The Morgan fingerprint density at radius 3 is 2.70 bits per heavy atom. The summed E-state index contributed by atoms with van der Waals surface area (Å²) < 4.78 is 0. The van der Waals surface area contributed by atoms with E-state index in [0.29, 0.717) is 11.5 Å². The number of hydrogen-bond acceptors (Lipinski definition) is 7. The molecule has 23 heavy (non-hydrogen) atoms. The van der Waals surface area contributed by atoms with Crippen molar-refractivity contribution in [3.8, 4) is 0 Å². The van der Waals surface area contributed by atoms with Crippen molar-refractivity contribution in [3.05, 3.63) is 39.9 Å². The standard InChI is InChI=1S/C14H15ClN6O2/c15-12-10(5-4-6-16-12)19-13-11(21(22)23)14(18-9-17-13)20-7-2-1-3-8-20/h4-6,9H,1-3,7-8H2,(H,17,18,19). The Labute approximate surface area is 137 Å². The van der Waals surface area contributed by atoms with E-state index in [2.05, 4.69) is 20.3 Å². The molecule has 1 saturated heterocycles. The van der Waals surface area contributed by atoms with Crippen molar-refractivity contribution in [2.24, 2.45) is 0 Å². The first kappa shape index (κ1) is 15.4. The van der Waals surface area contributed by atoms with Gasteiger partial charge in [0.2, 0.25) is 11.6 Å². The van der Waals surface area contributed by atoms with Crippen molar-refractivity contribution in [2.75, 3.05) is 23.3 Å². The molecule has 0 atom stereocenters. The second kappa shape index (κ2) is 6.74. The maximum atomic E-state index is 11.6. The molecule has 0 radical (unpaired) electrons. The van der Waals surface area contributed by atoms with Gasteiger partial charge in [0.1, 0.15) is 6.33 Å². The predicted octanol–water partition coefficient (Wildman–Crippen LogP) is 3.17. The monoisotopic (exact) mass is 334 g/mol. The lowest BCUT2D eigenvalue weighted by Crippen LogP contribution is -2.31. The molecule has 0 unspecified atom stereocenters. The van der Waals surface area contributed by atoms with Crippen LogP contribution < -0.4 is 10.2 Å². The summed E-state index contributed by atoms with van der Waals surface area (Å²) in [5.74, 6) is 0.452. The fourth-order valence-corrected chi connectivity index (χ4v) is 2.74. The van der Waals surface area contributed by atoms with Gasteiger partial charge in [-0.3, -0.25) is 10.1 Å². The zero-order chi connectivity index (χ0) is 16.2. The Balaban J connectivity index is 2.00. The van der Waals surface area contributed by atoms with E-state index in [1.165, 1.54) is 6.33 Å². The van der Waals surface area contributed by atoms with Crippen LogP contribution in [0.4, 0.5) is 23.0 Å². The molecule has 3 heterocycles. The van der Waals surface area contributed by atoms with Crippen LogP contribution in [0.15, 0.2) is 24.7 Å². The minimum absolute atomic E-state index is 0.112. The average Bonchev–Trinajstić information content (AvgIpc) is 2.57. The number of rotatable bonds is 4. The number of halogens is 1. The highest BCUT2D eigenvalue weighted by Crippen LogP contribution is 2.35. The van der Waals surface area contributed by atoms with Gasteiger partial charge < -0.3 is 10.2 Å². The lowest BCUT2D eigenvalue weighted by molar-refractivity contribution is -0.383. The Kier molecular flexibility index (Phi) is 4.52. The summed E-state index contributed by atoms with van der Waals surface area (Å²) in [6, 6.07) is 3.37. The molecule has 1 fully saturated rings. The summed E-state index contributed by atoms with van der Waals surface area (Å²) in [7, 11) is 0. The van der Waals surface area contributed by atoms with Crippen LogP contribution >= 0.6 is 11.6 Å². The van der Waals surface area contributed by atoms with Crippen LogP contribution in [-0.2, 0) is 0 Å². The third-order valence-electron chi connectivity index (χ3n) is 3.65. The van der Waals surface area contributed by atoms with Gasteiger partial charge >= 0.3 is 5.69 Å². The van der Waals surface area contributed by atoms with Crippen LogP contribution in [0.1, 0.15) is 19.3 Å².